The number of methoxy groups -OCH3 is 1. The van der Waals surface area contributed by atoms with Gasteiger partial charge >= 0.3 is 6.03 Å². The third kappa shape index (κ3) is 3.31. The maximum Gasteiger partial charge on any atom is 0.321 e. The fourth-order valence-electron chi connectivity index (χ4n) is 2.42. The lowest BCUT2D eigenvalue weighted by Crippen LogP contribution is -2.50. The second-order valence-electron chi connectivity index (χ2n) is 6.02. The number of halogens is 1. The summed E-state index contributed by atoms with van der Waals surface area (Å²) >= 11 is 5.97. The molecule has 0 unspecified atom stereocenters. The molecule has 1 aliphatic rings. The SMILES string of the molecule is COc1ccc(Cl)cc1NC(=O)N1CC(c2nc(C(C)C)no2)C1. The third-order valence-electron chi connectivity index (χ3n) is 3.89. The first-order valence-corrected chi connectivity index (χ1v) is 8.08. The van der Waals surface area contributed by atoms with Crippen molar-refractivity contribution in [1.29, 1.82) is 0 Å². The molecule has 8 heteroatoms. The molecule has 2 amide bonds. The number of likely N-dealkylation sites (tertiary alicyclic amines) is 1. The van der Waals surface area contributed by atoms with E-state index in [9.17, 15) is 4.79 Å². The molecule has 1 saturated heterocycles. The Morgan fingerprint density at radius 2 is 2.21 bits per heavy atom. The van der Waals surface area contributed by atoms with Crippen LogP contribution in [-0.4, -0.2) is 41.3 Å². The molecular weight excluding hydrogens is 332 g/mol. The van der Waals surface area contributed by atoms with Gasteiger partial charge in [0, 0.05) is 24.0 Å². The lowest BCUT2D eigenvalue weighted by molar-refractivity contribution is 0.147. The number of nitrogens with one attached hydrogen (secondary N) is 1. The van der Waals surface area contributed by atoms with Crippen LogP contribution in [0.25, 0.3) is 0 Å². The molecule has 0 aliphatic carbocycles. The quantitative estimate of drug-likeness (QED) is 0.912. The zero-order valence-electron chi connectivity index (χ0n) is 13.7. The summed E-state index contributed by atoms with van der Waals surface area (Å²) in [5, 5.41) is 7.29. The summed E-state index contributed by atoms with van der Waals surface area (Å²) < 4.78 is 10.5. The zero-order chi connectivity index (χ0) is 17.3. The minimum Gasteiger partial charge on any atom is -0.495 e. The van der Waals surface area contributed by atoms with Crippen LogP contribution in [0.5, 0.6) is 5.75 Å². The van der Waals surface area contributed by atoms with Gasteiger partial charge in [-0.2, -0.15) is 4.98 Å². The van der Waals surface area contributed by atoms with E-state index in [1.54, 1.807) is 30.2 Å². The Morgan fingerprint density at radius 3 is 2.83 bits per heavy atom. The number of nitrogens with zero attached hydrogens (tertiary/aromatic N) is 3. The van der Waals surface area contributed by atoms with Crippen molar-refractivity contribution in [2.75, 3.05) is 25.5 Å². The molecule has 3 rings (SSSR count). The number of carbonyl (C=O) groups is 1. The normalized spacial score (nSPS) is 14.6. The van der Waals surface area contributed by atoms with E-state index >= 15 is 0 Å². The lowest BCUT2D eigenvalue weighted by atomic mass is 10.0. The minimum absolute atomic E-state index is 0.0806. The van der Waals surface area contributed by atoms with Gasteiger partial charge in [0.25, 0.3) is 0 Å². The first-order chi connectivity index (χ1) is 11.5. The Bertz CT molecular complexity index is 741. The van der Waals surface area contributed by atoms with E-state index in [0.717, 1.165) is 0 Å². The summed E-state index contributed by atoms with van der Waals surface area (Å²) in [7, 11) is 1.54. The fraction of sp³-hybridized carbons (Fsp3) is 0.438. The van der Waals surface area contributed by atoms with Crippen molar-refractivity contribution in [3.8, 4) is 5.75 Å². The highest BCUT2D eigenvalue weighted by molar-refractivity contribution is 6.31. The van der Waals surface area contributed by atoms with Crippen LogP contribution in [-0.2, 0) is 0 Å². The molecular formula is C16H19ClN4O3. The monoisotopic (exact) mass is 350 g/mol. The molecule has 1 aromatic heterocycles. The highest BCUT2D eigenvalue weighted by Crippen LogP contribution is 2.30. The predicted molar refractivity (Wildman–Crippen MR) is 89.7 cm³/mol. The van der Waals surface area contributed by atoms with E-state index < -0.39 is 0 Å². The Kier molecular flexibility index (Phi) is 4.62. The van der Waals surface area contributed by atoms with Gasteiger partial charge in [-0.25, -0.2) is 4.79 Å². The maximum absolute atomic E-state index is 12.3. The molecule has 1 aromatic carbocycles. The van der Waals surface area contributed by atoms with E-state index in [4.69, 9.17) is 20.9 Å². The van der Waals surface area contributed by atoms with Crippen LogP contribution >= 0.6 is 11.6 Å². The third-order valence-corrected chi connectivity index (χ3v) is 4.13. The summed E-state index contributed by atoms with van der Waals surface area (Å²) in [4.78, 5) is 18.4. The van der Waals surface area contributed by atoms with Gasteiger partial charge in [-0.3, -0.25) is 0 Å². The second-order valence-corrected chi connectivity index (χ2v) is 6.46. The van der Waals surface area contributed by atoms with Gasteiger partial charge in [0.2, 0.25) is 5.89 Å². The highest BCUT2D eigenvalue weighted by Gasteiger charge is 2.36. The molecule has 1 fully saturated rings. The number of carbonyl (C=O) groups excluding carboxylic acids is 1. The van der Waals surface area contributed by atoms with Crippen LogP contribution < -0.4 is 10.1 Å². The Labute approximate surface area is 144 Å². The largest absolute Gasteiger partial charge is 0.495 e. The van der Waals surface area contributed by atoms with Crippen molar-refractivity contribution < 1.29 is 14.1 Å². The first kappa shape index (κ1) is 16.6. The van der Waals surface area contributed by atoms with Gasteiger partial charge in [0.05, 0.1) is 18.7 Å². The highest BCUT2D eigenvalue weighted by atomic mass is 35.5. The zero-order valence-corrected chi connectivity index (χ0v) is 14.5. The number of hydrogen-bond acceptors (Lipinski definition) is 5. The van der Waals surface area contributed by atoms with Gasteiger partial charge in [-0.15, -0.1) is 0 Å². The summed E-state index contributed by atoms with van der Waals surface area (Å²) in [6.07, 6.45) is 0. The van der Waals surface area contributed by atoms with E-state index in [-0.39, 0.29) is 17.9 Å². The van der Waals surface area contributed by atoms with Crippen molar-refractivity contribution in [3.63, 3.8) is 0 Å². The summed E-state index contributed by atoms with van der Waals surface area (Å²) in [6.45, 7) is 5.09. The number of amides is 2. The van der Waals surface area contributed by atoms with E-state index in [1.807, 2.05) is 13.8 Å². The number of hydrogen-bond donors (Lipinski definition) is 1. The Balaban J connectivity index is 1.59. The Hall–Kier alpha value is -2.28. The minimum atomic E-state index is -0.213. The summed E-state index contributed by atoms with van der Waals surface area (Å²) in [5.74, 6) is 2.14. The van der Waals surface area contributed by atoms with E-state index in [0.29, 0.717) is 41.3 Å². The standard InChI is InChI=1S/C16H19ClN4O3/c1-9(2)14-19-15(24-20-14)10-7-21(8-10)16(22)18-12-6-11(17)4-5-13(12)23-3/h4-6,9-10H,7-8H2,1-3H3,(H,18,22). The smallest absolute Gasteiger partial charge is 0.321 e. The molecule has 2 heterocycles. The van der Waals surface area contributed by atoms with E-state index in [2.05, 4.69) is 15.5 Å². The number of aromatic nitrogens is 2. The van der Waals surface area contributed by atoms with Crippen LogP contribution in [0.4, 0.5) is 10.5 Å². The molecule has 0 spiro atoms. The molecule has 0 atom stereocenters. The van der Waals surface area contributed by atoms with Gasteiger partial charge in [-0.05, 0) is 18.2 Å². The molecule has 7 nitrogen and oxygen atoms in total. The average Bonchev–Trinajstić information content (AvgIpc) is 2.95. The second kappa shape index (κ2) is 6.68. The molecule has 128 valence electrons. The molecule has 2 aromatic rings. The molecule has 0 saturated carbocycles. The number of urea groups is 1. The van der Waals surface area contributed by atoms with Gasteiger partial charge in [0.1, 0.15) is 5.75 Å². The van der Waals surface area contributed by atoms with Crippen molar-refractivity contribution in [3.05, 3.63) is 34.9 Å². The Morgan fingerprint density at radius 1 is 1.46 bits per heavy atom. The summed E-state index contributed by atoms with van der Waals surface area (Å²) in [6, 6.07) is 4.86. The van der Waals surface area contributed by atoms with Crippen LogP contribution in [0.15, 0.2) is 22.7 Å². The average molecular weight is 351 g/mol. The van der Waals surface area contributed by atoms with Crippen molar-refractivity contribution >= 4 is 23.3 Å². The predicted octanol–water partition coefficient (Wildman–Crippen LogP) is 3.49. The van der Waals surface area contributed by atoms with Crippen molar-refractivity contribution in [2.45, 2.75) is 25.7 Å². The topological polar surface area (TPSA) is 80.5 Å². The van der Waals surface area contributed by atoms with Crippen LogP contribution in [0, 0.1) is 0 Å². The maximum atomic E-state index is 12.3. The molecule has 1 aliphatic heterocycles. The van der Waals surface area contributed by atoms with Crippen LogP contribution in [0.1, 0.15) is 37.4 Å². The number of anilines is 1. The van der Waals surface area contributed by atoms with Gasteiger partial charge in [0.15, 0.2) is 5.82 Å². The molecule has 0 bridgehead atoms. The van der Waals surface area contributed by atoms with Crippen LogP contribution in [0.3, 0.4) is 0 Å². The molecule has 24 heavy (non-hydrogen) atoms. The summed E-state index contributed by atoms with van der Waals surface area (Å²) in [5.41, 5.74) is 0.540. The van der Waals surface area contributed by atoms with E-state index in [1.165, 1.54) is 0 Å². The van der Waals surface area contributed by atoms with Crippen molar-refractivity contribution in [1.82, 2.24) is 15.0 Å². The number of benzene rings is 1. The van der Waals surface area contributed by atoms with Gasteiger partial charge < -0.3 is 19.5 Å². The number of ether oxygens (including phenoxy) is 1. The van der Waals surface area contributed by atoms with Crippen LogP contribution in [0.2, 0.25) is 5.02 Å². The molecule has 1 N–H and O–H groups in total. The lowest BCUT2D eigenvalue weighted by Gasteiger charge is -2.37. The first-order valence-electron chi connectivity index (χ1n) is 7.71. The number of rotatable bonds is 4. The fourth-order valence-corrected chi connectivity index (χ4v) is 2.59. The van der Waals surface area contributed by atoms with Crippen molar-refractivity contribution in [2.24, 2.45) is 0 Å². The van der Waals surface area contributed by atoms with Gasteiger partial charge in [-0.1, -0.05) is 30.6 Å². The molecule has 0 radical (unpaired) electrons.